The molecule has 0 bridgehead atoms. The highest BCUT2D eigenvalue weighted by Gasteiger charge is 2.39. The average molecular weight is 362 g/mol. The third-order valence-corrected chi connectivity index (χ3v) is 5.35. The molecule has 1 nitrogen and oxygen atoms in total. The fourth-order valence-electron chi connectivity index (χ4n) is 3.66. The molecule has 0 saturated carbocycles. The molecule has 0 radical (unpaired) electrons. The fourth-order valence-corrected chi connectivity index (χ4v) is 4.19. The lowest BCUT2D eigenvalue weighted by Crippen LogP contribution is -2.30. The van der Waals surface area contributed by atoms with E-state index in [4.69, 9.17) is 0 Å². The lowest BCUT2D eigenvalue weighted by Gasteiger charge is -2.38. The van der Waals surface area contributed by atoms with Crippen LogP contribution >= 0.6 is 15.9 Å². The zero-order chi connectivity index (χ0) is 15.3. The molecule has 4 heteroatoms. The predicted molar refractivity (Wildman–Crippen MR) is 86.9 cm³/mol. The number of hydrogen-bond donors (Lipinski definition) is 1. The van der Waals surface area contributed by atoms with Gasteiger partial charge in [-0.25, -0.2) is 8.78 Å². The van der Waals surface area contributed by atoms with Crippen molar-refractivity contribution in [3.63, 3.8) is 0 Å². The normalized spacial score (nSPS) is 25.5. The Labute approximate surface area is 136 Å². The quantitative estimate of drug-likeness (QED) is 0.656. The molecule has 2 aromatic rings. The van der Waals surface area contributed by atoms with E-state index in [1.165, 1.54) is 6.07 Å². The van der Waals surface area contributed by atoms with Crippen LogP contribution in [0.1, 0.15) is 29.5 Å². The van der Waals surface area contributed by atoms with Crippen molar-refractivity contribution in [1.82, 2.24) is 0 Å². The van der Waals surface area contributed by atoms with Crippen LogP contribution in [0.3, 0.4) is 0 Å². The van der Waals surface area contributed by atoms with Crippen molar-refractivity contribution >= 4 is 21.6 Å². The van der Waals surface area contributed by atoms with Crippen LogP contribution in [-0.4, -0.2) is 0 Å². The first kappa shape index (κ1) is 13.9. The summed E-state index contributed by atoms with van der Waals surface area (Å²) in [6, 6.07) is 10.4. The Hall–Kier alpha value is -1.68. The highest BCUT2D eigenvalue weighted by Crippen LogP contribution is 2.51. The number of hydrogen-bond acceptors (Lipinski definition) is 1. The van der Waals surface area contributed by atoms with Gasteiger partial charge in [-0.05, 0) is 35.6 Å². The number of allylic oxidation sites excluding steroid dienone is 2. The molecule has 22 heavy (non-hydrogen) atoms. The smallest absolute Gasteiger partial charge is 0.149 e. The second-order valence-corrected chi connectivity index (χ2v) is 6.70. The van der Waals surface area contributed by atoms with Crippen molar-refractivity contribution in [3.8, 4) is 0 Å². The minimum Gasteiger partial charge on any atom is -0.375 e. The number of halogens is 3. The summed E-state index contributed by atoms with van der Waals surface area (Å²) in [5, 5.41) is 3.31. The van der Waals surface area contributed by atoms with Gasteiger partial charge in [0.15, 0.2) is 0 Å². The van der Waals surface area contributed by atoms with E-state index in [0.29, 0.717) is 5.69 Å². The Bertz CT molecular complexity index is 772. The van der Waals surface area contributed by atoms with Gasteiger partial charge >= 0.3 is 0 Å². The molecule has 1 aliphatic carbocycles. The van der Waals surface area contributed by atoms with Gasteiger partial charge in [-0.15, -0.1) is 0 Å². The summed E-state index contributed by atoms with van der Waals surface area (Å²) in [7, 11) is 0. The molecule has 0 unspecified atom stereocenters. The summed E-state index contributed by atoms with van der Waals surface area (Å²) in [6.45, 7) is 0. The van der Waals surface area contributed by atoms with Crippen LogP contribution in [0.4, 0.5) is 14.5 Å². The molecule has 0 fully saturated rings. The highest BCUT2D eigenvalue weighted by molar-refractivity contribution is 9.10. The zero-order valence-corrected chi connectivity index (χ0v) is 13.3. The van der Waals surface area contributed by atoms with E-state index in [1.54, 1.807) is 0 Å². The molecule has 2 aliphatic rings. The monoisotopic (exact) mass is 361 g/mol. The van der Waals surface area contributed by atoms with Gasteiger partial charge in [0.25, 0.3) is 0 Å². The van der Waals surface area contributed by atoms with Crippen LogP contribution in [0.5, 0.6) is 0 Å². The third kappa shape index (κ3) is 2.09. The zero-order valence-electron chi connectivity index (χ0n) is 11.7. The molecule has 0 saturated heterocycles. The number of rotatable bonds is 1. The maximum absolute atomic E-state index is 14.2. The first-order valence-electron chi connectivity index (χ1n) is 7.31. The van der Waals surface area contributed by atoms with E-state index in [-0.39, 0.29) is 17.9 Å². The fraction of sp³-hybridized carbons (Fsp3) is 0.222. The van der Waals surface area contributed by atoms with E-state index in [9.17, 15) is 8.78 Å². The molecule has 3 atom stereocenters. The number of anilines is 1. The van der Waals surface area contributed by atoms with E-state index in [2.05, 4.69) is 33.4 Å². The van der Waals surface area contributed by atoms with E-state index >= 15 is 0 Å². The standard InChI is InChI=1S/C18H14BrF2N/c19-15-7-2-1-4-13(15)17-12-6-3-5-11(12)14-8-10(20)9-16(21)18(14)22-17/h1-5,7-9,11-12,17,22H,6H2/t11-,12+,17-/m0/s1. The minimum atomic E-state index is -0.522. The van der Waals surface area contributed by atoms with Crippen LogP contribution in [-0.2, 0) is 0 Å². The van der Waals surface area contributed by atoms with Crippen LogP contribution in [0.25, 0.3) is 0 Å². The van der Waals surface area contributed by atoms with Crippen molar-refractivity contribution in [1.29, 1.82) is 0 Å². The summed E-state index contributed by atoms with van der Waals surface area (Å²) < 4.78 is 28.8. The summed E-state index contributed by atoms with van der Waals surface area (Å²) >= 11 is 3.58. The van der Waals surface area contributed by atoms with Crippen molar-refractivity contribution < 1.29 is 8.78 Å². The van der Waals surface area contributed by atoms with Crippen LogP contribution < -0.4 is 5.32 Å². The van der Waals surface area contributed by atoms with Crippen molar-refractivity contribution in [3.05, 3.63) is 75.8 Å². The van der Waals surface area contributed by atoms with Crippen molar-refractivity contribution in [2.24, 2.45) is 5.92 Å². The lowest BCUT2D eigenvalue weighted by molar-refractivity contribution is 0.417. The van der Waals surface area contributed by atoms with Gasteiger partial charge in [-0.2, -0.15) is 0 Å². The molecular weight excluding hydrogens is 348 g/mol. The Kier molecular flexibility index (Phi) is 3.30. The summed E-state index contributed by atoms with van der Waals surface area (Å²) in [5.74, 6) is -0.715. The first-order valence-corrected chi connectivity index (χ1v) is 8.11. The van der Waals surface area contributed by atoms with Crippen molar-refractivity contribution in [2.75, 3.05) is 5.32 Å². The molecule has 1 aliphatic heterocycles. The SMILES string of the molecule is Fc1cc(F)c2c(c1)[C@H]1C=CC[C@H]1[C@@H](c1ccccc1Br)N2. The molecular formula is C18H14BrF2N. The maximum atomic E-state index is 14.2. The molecule has 112 valence electrons. The first-order chi connectivity index (χ1) is 10.6. The van der Waals surface area contributed by atoms with Crippen LogP contribution in [0, 0.1) is 17.6 Å². The van der Waals surface area contributed by atoms with Gasteiger partial charge in [0.1, 0.15) is 11.6 Å². The van der Waals surface area contributed by atoms with Crippen LogP contribution in [0.2, 0.25) is 0 Å². The lowest BCUT2D eigenvalue weighted by atomic mass is 9.77. The van der Waals surface area contributed by atoms with E-state index < -0.39 is 11.6 Å². The Morgan fingerprint density at radius 1 is 1.09 bits per heavy atom. The summed E-state index contributed by atoms with van der Waals surface area (Å²) in [6.07, 6.45) is 5.09. The molecule has 0 spiro atoms. The Morgan fingerprint density at radius 2 is 1.91 bits per heavy atom. The second kappa shape index (κ2) is 5.20. The maximum Gasteiger partial charge on any atom is 0.149 e. The highest BCUT2D eigenvalue weighted by atomic mass is 79.9. The topological polar surface area (TPSA) is 12.0 Å². The largest absolute Gasteiger partial charge is 0.375 e. The van der Waals surface area contributed by atoms with Gasteiger partial charge < -0.3 is 5.32 Å². The van der Waals surface area contributed by atoms with Gasteiger partial charge in [0.2, 0.25) is 0 Å². The summed E-state index contributed by atoms with van der Waals surface area (Å²) in [4.78, 5) is 0. The van der Waals surface area contributed by atoms with E-state index in [1.807, 2.05) is 24.3 Å². The molecule has 0 amide bonds. The van der Waals surface area contributed by atoms with Gasteiger partial charge in [0, 0.05) is 16.5 Å². The third-order valence-electron chi connectivity index (χ3n) is 4.63. The van der Waals surface area contributed by atoms with Crippen LogP contribution in [0.15, 0.2) is 53.0 Å². The minimum absolute atomic E-state index is 0.00281. The predicted octanol–water partition coefficient (Wildman–Crippen LogP) is 5.55. The number of fused-ring (bicyclic) bond motifs is 3. The molecule has 0 aromatic heterocycles. The summed E-state index contributed by atoms with van der Waals surface area (Å²) in [5.41, 5.74) is 2.25. The molecule has 4 rings (SSSR count). The molecule has 2 aromatic carbocycles. The van der Waals surface area contributed by atoms with Gasteiger partial charge in [-0.3, -0.25) is 0 Å². The van der Waals surface area contributed by atoms with Gasteiger partial charge in [0.05, 0.1) is 11.7 Å². The number of nitrogens with one attached hydrogen (secondary N) is 1. The number of benzene rings is 2. The Morgan fingerprint density at radius 3 is 2.73 bits per heavy atom. The Balaban J connectivity index is 1.86. The van der Waals surface area contributed by atoms with Crippen molar-refractivity contribution in [2.45, 2.75) is 18.4 Å². The van der Waals surface area contributed by atoms with Gasteiger partial charge in [-0.1, -0.05) is 46.3 Å². The second-order valence-electron chi connectivity index (χ2n) is 5.85. The average Bonchev–Trinajstić information content (AvgIpc) is 2.97. The van der Waals surface area contributed by atoms with E-state index in [0.717, 1.165) is 28.1 Å². The molecule has 1 N–H and O–H groups in total. The molecule has 1 heterocycles.